The highest BCUT2D eigenvalue weighted by Gasteiger charge is 2.20. The van der Waals surface area contributed by atoms with Crippen LogP contribution in [0.25, 0.3) is 0 Å². The number of nitrogens with one attached hydrogen (secondary N) is 1. The molecule has 0 aliphatic rings. The second-order valence-corrected chi connectivity index (χ2v) is 4.56. The van der Waals surface area contributed by atoms with Gasteiger partial charge in [-0.15, -0.1) is 0 Å². The van der Waals surface area contributed by atoms with Crippen LogP contribution in [-0.2, 0) is 9.59 Å². The molecule has 0 saturated carbocycles. The van der Waals surface area contributed by atoms with E-state index in [1.165, 1.54) is 6.92 Å². The Morgan fingerprint density at radius 2 is 1.65 bits per heavy atom. The van der Waals surface area contributed by atoms with Crippen LogP contribution in [0.4, 0.5) is 0 Å². The van der Waals surface area contributed by atoms with Gasteiger partial charge >= 0.3 is 0 Å². The number of Topliss-reactive ketones (excluding diaryl/α,β-unsaturated/α-hetero) is 1. The first-order valence-corrected chi connectivity index (χ1v) is 6.59. The Bertz CT molecular complexity index is 242. The number of unbranched alkanes of at least 4 members (excludes halogenated alkanes) is 2. The lowest BCUT2D eigenvalue weighted by atomic mass is 10.0. The maximum atomic E-state index is 11.7. The zero-order chi connectivity index (χ0) is 13.3. The van der Waals surface area contributed by atoms with Crippen molar-refractivity contribution < 1.29 is 9.59 Å². The standard InChI is InChI=1S/C13H26N2O2/c1-4-6-8-11(14)13(17)15-12(10(3)16)9-7-5-2/h11-12H,4-9,14H2,1-3H3,(H,15,17). The first kappa shape index (κ1) is 16.1. The van der Waals surface area contributed by atoms with Crippen LogP contribution in [0.5, 0.6) is 0 Å². The normalized spacial score (nSPS) is 14.1. The molecule has 0 aromatic heterocycles. The van der Waals surface area contributed by atoms with Gasteiger partial charge in [0.1, 0.15) is 0 Å². The summed E-state index contributed by atoms with van der Waals surface area (Å²) < 4.78 is 0. The topological polar surface area (TPSA) is 72.2 Å². The van der Waals surface area contributed by atoms with E-state index in [4.69, 9.17) is 5.73 Å². The van der Waals surface area contributed by atoms with Gasteiger partial charge < -0.3 is 11.1 Å². The van der Waals surface area contributed by atoms with Crippen LogP contribution in [0.1, 0.15) is 59.3 Å². The Labute approximate surface area is 104 Å². The molecule has 0 spiro atoms. The minimum Gasteiger partial charge on any atom is -0.345 e. The summed E-state index contributed by atoms with van der Waals surface area (Å²) in [4.78, 5) is 23.1. The molecule has 0 aliphatic carbocycles. The van der Waals surface area contributed by atoms with Crippen molar-refractivity contribution in [3.8, 4) is 0 Å². The van der Waals surface area contributed by atoms with Gasteiger partial charge in [-0.25, -0.2) is 0 Å². The van der Waals surface area contributed by atoms with Crippen LogP contribution in [0.15, 0.2) is 0 Å². The van der Waals surface area contributed by atoms with Crippen LogP contribution in [0.2, 0.25) is 0 Å². The Hall–Kier alpha value is -0.900. The van der Waals surface area contributed by atoms with Crippen molar-refractivity contribution in [2.24, 2.45) is 5.73 Å². The zero-order valence-corrected chi connectivity index (χ0v) is 11.3. The quantitative estimate of drug-likeness (QED) is 0.647. The fraction of sp³-hybridized carbons (Fsp3) is 0.846. The van der Waals surface area contributed by atoms with E-state index in [-0.39, 0.29) is 17.7 Å². The second kappa shape index (κ2) is 9.16. The molecule has 0 aliphatic heterocycles. The van der Waals surface area contributed by atoms with E-state index in [0.29, 0.717) is 12.8 Å². The van der Waals surface area contributed by atoms with Crippen LogP contribution in [0.3, 0.4) is 0 Å². The molecule has 4 heteroatoms. The van der Waals surface area contributed by atoms with Crippen molar-refractivity contribution in [1.82, 2.24) is 5.32 Å². The van der Waals surface area contributed by atoms with Crippen molar-refractivity contribution in [3.63, 3.8) is 0 Å². The predicted molar refractivity (Wildman–Crippen MR) is 69.6 cm³/mol. The van der Waals surface area contributed by atoms with Gasteiger partial charge in [0.2, 0.25) is 5.91 Å². The zero-order valence-electron chi connectivity index (χ0n) is 11.3. The second-order valence-electron chi connectivity index (χ2n) is 4.56. The first-order valence-electron chi connectivity index (χ1n) is 6.59. The lowest BCUT2D eigenvalue weighted by Gasteiger charge is -2.18. The smallest absolute Gasteiger partial charge is 0.237 e. The number of carbonyl (C=O) groups excluding carboxylic acids is 2. The van der Waals surface area contributed by atoms with Crippen LogP contribution in [0, 0.1) is 0 Å². The SMILES string of the molecule is CCCCC(N)C(=O)NC(CCCC)C(C)=O. The fourth-order valence-corrected chi connectivity index (χ4v) is 1.62. The summed E-state index contributed by atoms with van der Waals surface area (Å²) >= 11 is 0. The molecule has 2 unspecified atom stereocenters. The third-order valence-electron chi connectivity index (χ3n) is 2.86. The van der Waals surface area contributed by atoms with Crippen molar-refractivity contribution in [3.05, 3.63) is 0 Å². The third-order valence-corrected chi connectivity index (χ3v) is 2.86. The molecule has 0 aromatic carbocycles. The molecule has 0 bridgehead atoms. The maximum absolute atomic E-state index is 11.7. The molecular formula is C13H26N2O2. The summed E-state index contributed by atoms with van der Waals surface area (Å²) in [5.74, 6) is -0.191. The number of nitrogens with two attached hydrogens (primary N) is 1. The summed E-state index contributed by atoms with van der Waals surface area (Å²) in [6.45, 7) is 5.63. The fourth-order valence-electron chi connectivity index (χ4n) is 1.62. The van der Waals surface area contributed by atoms with Crippen molar-refractivity contribution in [2.45, 2.75) is 71.4 Å². The van der Waals surface area contributed by atoms with Crippen LogP contribution < -0.4 is 11.1 Å². The Balaban J connectivity index is 4.15. The molecular weight excluding hydrogens is 216 g/mol. The molecule has 4 nitrogen and oxygen atoms in total. The van der Waals surface area contributed by atoms with Gasteiger partial charge in [0.25, 0.3) is 0 Å². The van der Waals surface area contributed by atoms with E-state index >= 15 is 0 Å². The molecule has 3 N–H and O–H groups in total. The van der Waals surface area contributed by atoms with Gasteiger partial charge in [-0.05, 0) is 19.8 Å². The van der Waals surface area contributed by atoms with Gasteiger partial charge in [-0.3, -0.25) is 9.59 Å². The number of hydrogen-bond acceptors (Lipinski definition) is 3. The molecule has 0 fully saturated rings. The Morgan fingerprint density at radius 1 is 1.12 bits per heavy atom. The molecule has 100 valence electrons. The first-order chi connectivity index (χ1) is 8.02. The minimum absolute atomic E-state index is 0.00879. The lowest BCUT2D eigenvalue weighted by molar-refractivity contribution is -0.127. The summed E-state index contributed by atoms with van der Waals surface area (Å²) in [5.41, 5.74) is 5.76. The van der Waals surface area contributed by atoms with Gasteiger partial charge in [0.05, 0.1) is 12.1 Å². The van der Waals surface area contributed by atoms with Crippen LogP contribution in [-0.4, -0.2) is 23.8 Å². The van der Waals surface area contributed by atoms with E-state index in [1.54, 1.807) is 0 Å². The third kappa shape index (κ3) is 7.10. The number of ketones is 1. The van der Waals surface area contributed by atoms with E-state index in [0.717, 1.165) is 25.7 Å². The van der Waals surface area contributed by atoms with E-state index in [1.807, 2.05) is 0 Å². The number of amides is 1. The average Bonchev–Trinajstić information content (AvgIpc) is 2.30. The van der Waals surface area contributed by atoms with E-state index < -0.39 is 6.04 Å². The van der Waals surface area contributed by atoms with Gasteiger partial charge in [-0.2, -0.15) is 0 Å². The largest absolute Gasteiger partial charge is 0.345 e. The highest BCUT2D eigenvalue weighted by Crippen LogP contribution is 2.04. The van der Waals surface area contributed by atoms with E-state index in [2.05, 4.69) is 19.2 Å². The molecule has 17 heavy (non-hydrogen) atoms. The minimum atomic E-state index is -0.488. The van der Waals surface area contributed by atoms with Crippen molar-refractivity contribution >= 4 is 11.7 Å². The highest BCUT2D eigenvalue weighted by molar-refractivity contribution is 5.89. The molecule has 0 heterocycles. The van der Waals surface area contributed by atoms with Gasteiger partial charge in [-0.1, -0.05) is 39.5 Å². The molecule has 0 rings (SSSR count). The summed E-state index contributed by atoms with van der Waals surface area (Å²) in [6.07, 6.45) is 5.30. The van der Waals surface area contributed by atoms with E-state index in [9.17, 15) is 9.59 Å². The van der Waals surface area contributed by atoms with Crippen LogP contribution >= 0.6 is 0 Å². The average molecular weight is 242 g/mol. The Morgan fingerprint density at radius 3 is 2.12 bits per heavy atom. The summed E-state index contributed by atoms with van der Waals surface area (Å²) in [5, 5.41) is 2.75. The maximum Gasteiger partial charge on any atom is 0.237 e. The lowest BCUT2D eigenvalue weighted by Crippen LogP contribution is -2.47. The molecule has 0 radical (unpaired) electrons. The molecule has 0 aromatic rings. The monoisotopic (exact) mass is 242 g/mol. The van der Waals surface area contributed by atoms with Gasteiger partial charge in [0.15, 0.2) is 5.78 Å². The highest BCUT2D eigenvalue weighted by atomic mass is 16.2. The molecule has 0 saturated heterocycles. The van der Waals surface area contributed by atoms with Gasteiger partial charge in [0, 0.05) is 0 Å². The molecule has 2 atom stereocenters. The number of hydrogen-bond donors (Lipinski definition) is 2. The predicted octanol–water partition coefficient (Wildman–Crippen LogP) is 1.77. The summed E-state index contributed by atoms with van der Waals surface area (Å²) in [7, 11) is 0. The molecule has 1 amide bonds. The summed E-state index contributed by atoms with van der Waals surface area (Å²) in [6, 6.07) is -0.853. The number of carbonyl (C=O) groups is 2. The van der Waals surface area contributed by atoms with Crippen molar-refractivity contribution in [1.29, 1.82) is 0 Å². The Kier molecular flexibility index (Phi) is 8.68. The van der Waals surface area contributed by atoms with Crippen molar-refractivity contribution in [2.75, 3.05) is 0 Å². The number of rotatable bonds is 9.